The van der Waals surface area contributed by atoms with Gasteiger partial charge in [0.2, 0.25) is 5.91 Å². The molecule has 7 heteroatoms. The van der Waals surface area contributed by atoms with Gasteiger partial charge in [0.25, 0.3) is 0 Å². The number of aromatic nitrogens is 2. The number of rotatable bonds is 4. The summed E-state index contributed by atoms with van der Waals surface area (Å²) in [6, 6.07) is 3.10. The molecule has 0 bridgehead atoms. The van der Waals surface area contributed by atoms with E-state index in [0.29, 0.717) is 34.4 Å². The van der Waals surface area contributed by atoms with E-state index < -0.39 is 0 Å². The monoisotopic (exact) mass is 326 g/mol. The minimum Gasteiger partial charge on any atom is -0.399 e. The Hall–Kier alpha value is -1.72. The number of imidazole rings is 1. The number of benzene rings is 1. The van der Waals surface area contributed by atoms with E-state index in [1.807, 2.05) is 18.4 Å². The van der Waals surface area contributed by atoms with Gasteiger partial charge in [0.15, 0.2) is 0 Å². The first-order valence-corrected chi connectivity index (χ1v) is 7.16. The Bertz CT molecular complexity index is 659. The molecule has 0 aliphatic rings. The molecule has 0 spiro atoms. The number of nitrogens with two attached hydrogens (primary N) is 1. The molecule has 2 rings (SSSR count). The topological polar surface area (TPSA) is 72.9 Å². The summed E-state index contributed by atoms with van der Waals surface area (Å²) < 4.78 is 1.93. The lowest BCUT2D eigenvalue weighted by atomic mass is 10.2. The quantitative estimate of drug-likeness (QED) is 0.845. The smallest absolute Gasteiger partial charge is 0.226 e. The third-order valence-electron chi connectivity index (χ3n) is 3.25. The summed E-state index contributed by atoms with van der Waals surface area (Å²) in [5.41, 5.74) is 8.46. The molecule has 0 saturated carbocycles. The first kappa shape index (κ1) is 15.7. The summed E-state index contributed by atoms with van der Waals surface area (Å²) in [5.74, 6) is -0.172. The average molecular weight is 327 g/mol. The Balaban J connectivity index is 2.01. The highest BCUT2D eigenvalue weighted by Gasteiger charge is 2.11. The zero-order valence-electron chi connectivity index (χ0n) is 11.8. The highest BCUT2D eigenvalue weighted by Crippen LogP contribution is 2.32. The molecule has 0 fully saturated rings. The molecule has 0 saturated heterocycles. The Morgan fingerprint density at radius 3 is 2.48 bits per heavy atom. The number of nitrogens with one attached hydrogen (secondary N) is 1. The largest absolute Gasteiger partial charge is 0.399 e. The van der Waals surface area contributed by atoms with E-state index in [9.17, 15) is 4.79 Å². The number of nitrogen functional groups attached to an aromatic ring is 1. The molecular formula is C14H16Cl2N4O. The van der Waals surface area contributed by atoms with Crippen molar-refractivity contribution in [2.24, 2.45) is 0 Å². The van der Waals surface area contributed by atoms with Gasteiger partial charge in [0.05, 0.1) is 27.8 Å². The maximum atomic E-state index is 12.0. The Morgan fingerprint density at radius 2 is 1.95 bits per heavy atom. The van der Waals surface area contributed by atoms with E-state index >= 15 is 0 Å². The Morgan fingerprint density at radius 1 is 1.33 bits per heavy atom. The van der Waals surface area contributed by atoms with Crippen LogP contribution in [0.25, 0.3) is 0 Å². The molecule has 1 amide bonds. The van der Waals surface area contributed by atoms with Crippen LogP contribution in [0.2, 0.25) is 10.0 Å². The minimum atomic E-state index is -0.172. The predicted molar refractivity (Wildman–Crippen MR) is 85.8 cm³/mol. The van der Waals surface area contributed by atoms with Crippen molar-refractivity contribution in [2.75, 3.05) is 11.1 Å². The fraction of sp³-hybridized carbons (Fsp3) is 0.286. The molecule has 21 heavy (non-hydrogen) atoms. The fourth-order valence-corrected chi connectivity index (χ4v) is 2.50. The average Bonchev–Trinajstić information content (AvgIpc) is 2.72. The number of amides is 1. The molecule has 1 aromatic carbocycles. The highest BCUT2D eigenvalue weighted by atomic mass is 35.5. The lowest BCUT2D eigenvalue weighted by Gasteiger charge is -2.11. The molecular weight excluding hydrogens is 311 g/mol. The van der Waals surface area contributed by atoms with E-state index in [0.717, 1.165) is 11.4 Å². The number of anilines is 2. The summed E-state index contributed by atoms with van der Waals surface area (Å²) in [6.07, 6.45) is 2.02. The van der Waals surface area contributed by atoms with Crippen molar-refractivity contribution in [3.63, 3.8) is 0 Å². The van der Waals surface area contributed by atoms with Gasteiger partial charge in [-0.15, -0.1) is 0 Å². The molecule has 0 aliphatic heterocycles. The first-order chi connectivity index (χ1) is 9.88. The molecule has 0 radical (unpaired) electrons. The van der Waals surface area contributed by atoms with Gasteiger partial charge in [-0.1, -0.05) is 23.2 Å². The van der Waals surface area contributed by atoms with E-state index in [2.05, 4.69) is 10.3 Å². The van der Waals surface area contributed by atoms with Crippen LogP contribution in [0, 0.1) is 13.8 Å². The van der Waals surface area contributed by atoms with Crippen LogP contribution in [0.3, 0.4) is 0 Å². The Kier molecular flexibility index (Phi) is 4.75. The van der Waals surface area contributed by atoms with Crippen LogP contribution in [0.4, 0.5) is 11.4 Å². The maximum absolute atomic E-state index is 12.0. The van der Waals surface area contributed by atoms with Crippen molar-refractivity contribution in [2.45, 2.75) is 26.8 Å². The summed E-state index contributed by atoms with van der Waals surface area (Å²) in [7, 11) is 0. The zero-order valence-corrected chi connectivity index (χ0v) is 13.3. The van der Waals surface area contributed by atoms with Crippen LogP contribution in [0.15, 0.2) is 18.5 Å². The second kappa shape index (κ2) is 6.37. The molecule has 112 valence electrons. The number of carbonyl (C=O) groups is 1. The molecule has 1 heterocycles. The molecule has 2 aromatic rings. The van der Waals surface area contributed by atoms with Crippen LogP contribution in [-0.2, 0) is 11.3 Å². The van der Waals surface area contributed by atoms with Crippen molar-refractivity contribution < 1.29 is 4.79 Å². The normalized spacial score (nSPS) is 10.7. The second-order valence-corrected chi connectivity index (χ2v) is 5.58. The van der Waals surface area contributed by atoms with Gasteiger partial charge in [-0.2, -0.15) is 0 Å². The molecule has 0 atom stereocenters. The number of halogens is 2. The van der Waals surface area contributed by atoms with Crippen molar-refractivity contribution in [3.05, 3.63) is 39.9 Å². The van der Waals surface area contributed by atoms with Crippen LogP contribution < -0.4 is 11.1 Å². The van der Waals surface area contributed by atoms with Gasteiger partial charge in [-0.05, 0) is 26.0 Å². The molecule has 3 N–H and O–H groups in total. The predicted octanol–water partition coefficient (Wildman–Crippen LogP) is 3.42. The van der Waals surface area contributed by atoms with Gasteiger partial charge in [-0.3, -0.25) is 4.79 Å². The first-order valence-electron chi connectivity index (χ1n) is 6.41. The summed E-state index contributed by atoms with van der Waals surface area (Å²) >= 11 is 12.1. The lowest BCUT2D eigenvalue weighted by molar-refractivity contribution is -0.116. The second-order valence-electron chi connectivity index (χ2n) is 4.77. The van der Waals surface area contributed by atoms with Gasteiger partial charge in [-0.25, -0.2) is 4.98 Å². The van der Waals surface area contributed by atoms with E-state index in [-0.39, 0.29) is 5.91 Å². The zero-order chi connectivity index (χ0) is 15.6. The fourth-order valence-electron chi connectivity index (χ4n) is 1.91. The number of hydrogen-bond donors (Lipinski definition) is 2. The third-order valence-corrected chi connectivity index (χ3v) is 3.85. The molecule has 1 aromatic heterocycles. The summed E-state index contributed by atoms with van der Waals surface area (Å²) in [6.45, 7) is 4.44. The van der Waals surface area contributed by atoms with Crippen LogP contribution >= 0.6 is 23.2 Å². The SMILES string of the molecule is Cc1ncn(CCC(=O)Nc2c(Cl)cc(N)cc2Cl)c1C. The number of nitrogens with zero attached hydrogens (tertiary/aromatic N) is 2. The van der Waals surface area contributed by atoms with Gasteiger partial charge < -0.3 is 15.6 Å². The van der Waals surface area contributed by atoms with E-state index in [1.165, 1.54) is 0 Å². The summed E-state index contributed by atoms with van der Waals surface area (Å²) in [5, 5.41) is 3.35. The van der Waals surface area contributed by atoms with Gasteiger partial charge >= 0.3 is 0 Å². The van der Waals surface area contributed by atoms with Crippen molar-refractivity contribution in [1.29, 1.82) is 0 Å². The Labute approximate surface area is 133 Å². The molecule has 0 unspecified atom stereocenters. The number of aryl methyl sites for hydroxylation is 2. The number of hydrogen-bond acceptors (Lipinski definition) is 3. The van der Waals surface area contributed by atoms with Crippen LogP contribution in [0.1, 0.15) is 17.8 Å². The minimum absolute atomic E-state index is 0.172. The standard InChI is InChI=1S/C14H16Cl2N4O/c1-8-9(2)20(7-18-8)4-3-13(21)19-14-11(15)5-10(17)6-12(14)16/h5-7H,3-4,17H2,1-2H3,(H,19,21). The summed E-state index contributed by atoms with van der Waals surface area (Å²) in [4.78, 5) is 16.2. The van der Waals surface area contributed by atoms with Crippen molar-refractivity contribution in [3.8, 4) is 0 Å². The lowest BCUT2D eigenvalue weighted by Crippen LogP contribution is -2.15. The third kappa shape index (κ3) is 3.68. The number of carbonyl (C=O) groups excluding carboxylic acids is 1. The van der Waals surface area contributed by atoms with E-state index in [4.69, 9.17) is 28.9 Å². The van der Waals surface area contributed by atoms with Crippen LogP contribution in [-0.4, -0.2) is 15.5 Å². The van der Waals surface area contributed by atoms with Gasteiger partial charge in [0.1, 0.15) is 0 Å². The van der Waals surface area contributed by atoms with Crippen molar-refractivity contribution >= 4 is 40.5 Å². The van der Waals surface area contributed by atoms with Crippen LogP contribution in [0.5, 0.6) is 0 Å². The van der Waals surface area contributed by atoms with E-state index in [1.54, 1.807) is 18.5 Å². The van der Waals surface area contributed by atoms with Crippen molar-refractivity contribution in [1.82, 2.24) is 9.55 Å². The maximum Gasteiger partial charge on any atom is 0.226 e. The van der Waals surface area contributed by atoms with Gasteiger partial charge in [0, 0.05) is 24.3 Å². The molecule has 0 aliphatic carbocycles. The molecule has 5 nitrogen and oxygen atoms in total. The highest BCUT2D eigenvalue weighted by molar-refractivity contribution is 6.40.